The predicted octanol–water partition coefficient (Wildman–Crippen LogP) is 5.36. The molecule has 0 spiro atoms. The Kier molecular flexibility index (Phi) is 7.09. The van der Waals surface area contributed by atoms with Crippen molar-refractivity contribution in [2.75, 3.05) is 11.9 Å². The standard InChI is InChI=1S/C23H17BrClNO5/c1-13-9-15(23(29)30)5-7-19(13)26-21(27)12-31-20-8-6-17(25)11-18(20)22(28)14-3-2-4-16(24)10-14/h2-11H,12H2,1H3,(H,26,27)(H,29,30). The number of amides is 1. The largest absolute Gasteiger partial charge is 0.483 e. The van der Waals surface area contributed by atoms with Crippen LogP contribution < -0.4 is 10.1 Å². The maximum Gasteiger partial charge on any atom is 0.335 e. The first kappa shape index (κ1) is 22.5. The molecule has 3 aromatic carbocycles. The average molecular weight is 503 g/mol. The number of ketones is 1. The van der Waals surface area contributed by atoms with Crippen molar-refractivity contribution in [2.45, 2.75) is 6.92 Å². The van der Waals surface area contributed by atoms with E-state index in [0.717, 1.165) is 4.47 Å². The molecule has 0 aliphatic heterocycles. The smallest absolute Gasteiger partial charge is 0.335 e. The number of benzene rings is 3. The third kappa shape index (κ3) is 5.71. The zero-order chi connectivity index (χ0) is 22.5. The number of ether oxygens (including phenoxy) is 1. The Bertz CT molecular complexity index is 1180. The quantitative estimate of drug-likeness (QED) is 0.425. The van der Waals surface area contributed by atoms with Crippen molar-refractivity contribution in [3.05, 3.63) is 92.4 Å². The van der Waals surface area contributed by atoms with E-state index in [1.54, 1.807) is 31.2 Å². The van der Waals surface area contributed by atoms with Gasteiger partial charge in [0, 0.05) is 20.7 Å². The third-order valence-corrected chi connectivity index (χ3v) is 5.11. The van der Waals surface area contributed by atoms with E-state index in [4.69, 9.17) is 21.4 Å². The van der Waals surface area contributed by atoms with Gasteiger partial charge in [-0.1, -0.05) is 39.7 Å². The monoisotopic (exact) mass is 501 g/mol. The van der Waals surface area contributed by atoms with Crippen LogP contribution in [0, 0.1) is 6.92 Å². The molecule has 0 aliphatic carbocycles. The molecule has 3 aromatic rings. The van der Waals surface area contributed by atoms with Crippen molar-refractivity contribution in [1.29, 1.82) is 0 Å². The van der Waals surface area contributed by atoms with Crippen molar-refractivity contribution in [2.24, 2.45) is 0 Å². The minimum absolute atomic E-state index is 0.128. The lowest BCUT2D eigenvalue weighted by Gasteiger charge is -2.13. The number of carboxylic acid groups (broad SMARTS) is 1. The fourth-order valence-electron chi connectivity index (χ4n) is 2.86. The highest BCUT2D eigenvalue weighted by Gasteiger charge is 2.17. The Morgan fingerprint density at radius 2 is 1.81 bits per heavy atom. The van der Waals surface area contributed by atoms with Crippen molar-refractivity contribution >= 4 is 50.9 Å². The summed E-state index contributed by atoms with van der Waals surface area (Å²) in [7, 11) is 0. The summed E-state index contributed by atoms with van der Waals surface area (Å²) < 4.78 is 6.36. The van der Waals surface area contributed by atoms with Gasteiger partial charge < -0.3 is 15.2 Å². The average Bonchev–Trinajstić information content (AvgIpc) is 2.73. The number of anilines is 1. The van der Waals surface area contributed by atoms with Crippen LogP contribution in [0.25, 0.3) is 0 Å². The summed E-state index contributed by atoms with van der Waals surface area (Å²) in [6, 6.07) is 15.9. The molecule has 2 N–H and O–H groups in total. The molecule has 0 atom stereocenters. The number of hydrogen-bond donors (Lipinski definition) is 2. The van der Waals surface area contributed by atoms with Gasteiger partial charge in [0.15, 0.2) is 12.4 Å². The van der Waals surface area contributed by atoms with Gasteiger partial charge in [-0.3, -0.25) is 9.59 Å². The number of nitrogens with one attached hydrogen (secondary N) is 1. The van der Waals surface area contributed by atoms with Crippen molar-refractivity contribution in [3.8, 4) is 5.75 Å². The minimum Gasteiger partial charge on any atom is -0.483 e. The van der Waals surface area contributed by atoms with E-state index in [2.05, 4.69) is 21.2 Å². The van der Waals surface area contributed by atoms with Gasteiger partial charge in [-0.2, -0.15) is 0 Å². The number of hydrogen-bond acceptors (Lipinski definition) is 4. The van der Waals surface area contributed by atoms with Crippen LogP contribution in [0.2, 0.25) is 5.02 Å². The van der Waals surface area contributed by atoms with E-state index >= 15 is 0 Å². The molecule has 6 nitrogen and oxygen atoms in total. The summed E-state index contributed by atoms with van der Waals surface area (Å²) in [6.45, 7) is 1.34. The lowest BCUT2D eigenvalue weighted by atomic mass is 10.0. The van der Waals surface area contributed by atoms with Crippen LogP contribution in [-0.4, -0.2) is 29.4 Å². The van der Waals surface area contributed by atoms with Gasteiger partial charge in [0.2, 0.25) is 0 Å². The van der Waals surface area contributed by atoms with Gasteiger partial charge >= 0.3 is 5.97 Å². The molecule has 0 heterocycles. The second-order valence-corrected chi connectivity index (χ2v) is 8.00. The number of carbonyl (C=O) groups is 3. The summed E-state index contributed by atoms with van der Waals surface area (Å²) in [5.74, 6) is -1.57. The van der Waals surface area contributed by atoms with Crippen LogP contribution in [0.15, 0.2) is 65.1 Å². The van der Waals surface area contributed by atoms with E-state index in [-0.39, 0.29) is 29.3 Å². The first-order valence-electron chi connectivity index (χ1n) is 9.11. The first-order chi connectivity index (χ1) is 14.7. The van der Waals surface area contributed by atoms with Crippen LogP contribution in [0.3, 0.4) is 0 Å². The van der Waals surface area contributed by atoms with E-state index in [9.17, 15) is 14.4 Å². The van der Waals surface area contributed by atoms with Gasteiger partial charge in [0.25, 0.3) is 5.91 Å². The molecule has 0 radical (unpaired) electrons. The van der Waals surface area contributed by atoms with Crippen LogP contribution >= 0.6 is 27.5 Å². The Hall–Kier alpha value is -3.16. The zero-order valence-electron chi connectivity index (χ0n) is 16.3. The molecule has 31 heavy (non-hydrogen) atoms. The SMILES string of the molecule is Cc1cc(C(=O)O)ccc1NC(=O)COc1ccc(Cl)cc1C(=O)c1cccc(Br)c1. The topological polar surface area (TPSA) is 92.7 Å². The summed E-state index contributed by atoms with van der Waals surface area (Å²) >= 11 is 9.40. The molecule has 0 fully saturated rings. The van der Waals surface area contributed by atoms with Crippen LogP contribution in [0.4, 0.5) is 5.69 Å². The van der Waals surface area contributed by atoms with Gasteiger partial charge in [-0.15, -0.1) is 0 Å². The van der Waals surface area contributed by atoms with Crippen molar-refractivity contribution in [1.82, 2.24) is 0 Å². The molecule has 0 bridgehead atoms. The normalized spacial score (nSPS) is 10.4. The molecule has 0 aromatic heterocycles. The summed E-state index contributed by atoms with van der Waals surface area (Å²) in [4.78, 5) is 36.3. The molecule has 3 rings (SSSR count). The number of carbonyl (C=O) groups excluding carboxylic acids is 2. The molecule has 0 unspecified atom stereocenters. The maximum atomic E-state index is 12.9. The highest BCUT2D eigenvalue weighted by Crippen LogP contribution is 2.27. The Morgan fingerprint density at radius 1 is 1.03 bits per heavy atom. The fourth-order valence-corrected chi connectivity index (χ4v) is 3.43. The summed E-state index contributed by atoms with van der Waals surface area (Å²) in [5.41, 5.74) is 1.88. The van der Waals surface area contributed by atoms with Gasteiger partial charge in [0.05, 0.1) is 11.1 Å². The number of carboxylic acids is 1. The van der Waals surface area contributed by atoms with Crippen LogP contribution in [-0.2, 0) is 4.79 Å². The summed E-state index contributed by atoms with van der Waals surface area (Å²) in [5, 5.41) is 12.1. The van der Waals surface area contributed by atoms with Gasteiger partial charge in [-0.25, -0.2) is 4.79 Å². The fraction of sp³-hybridized carbons (Fsp3) is 0.0870. The molecule has 0 aliphatic rings. The predicted molar refractivity (Wildman–Crippen MR) is 121 cm³/mol. The lowest BCUT2D eigenvalue weighted by molar-refractivity contribution is -0.118. The van der Waals surface area contributed by atoms with Gasteiger partial charge in [0.1, 0.15) is 5.75 Å². The molecule has 158 valence electrons. The van der Waals surface area contributed by atoms with Gasteiger partial charge in [-0.05, 0) is 61.0 Å². The van der Waals surface area contributed by atoms with Crippen molar-refractivity contribution < 1.29 is 24.2 Å². The number of aryl methyl sites for hydroxylation is 1. The molecule has 0 saturated heterocycles. The zero-order valence-corrected chi connectivity index (χ0v) is 18.7. The van der Waals surface area contributed by atoms with E-state index < -0.39 is 11.9 Å². The Labute approximate surface area is 191 Å². The van der Waals surface area contributed by atoms with E-state index in [1.165, 1.54) is 30.3 Å². The first-order valence-corrected chi connectivity index (χ1v) is 10.3. The molecular weight excluding hydrogens is 486 g/mol. The molecular formula is C23H17BrClNO5. The number of aromatic carboxylic acids is 1. The van der Waals surface area contributed by atoms with Crippen molar-refractivity contribution in [3.63, 3.8) is 0 Å². The third-order valence-electron chi connectivity index (χ3n) is 4.38. The van der Waals surface area contributed by atoms with E-state index in [0.29, 0.717) is 21.8 Å². The van der Waals surface area contributed by atoms with E-state index in [1.807, 2.05) is 6.07 Å². The molecule has 1 amide bonds. The number of rotatable bonds is 7. The summed E-state index contributed by atoms with van der Waals surface area (Å²) in [6.07, 6.45) is 0. The molecule has 8 heteroatoms. The van der Waals surface area contributed by atoms with Crippen LogP contribution in [0.1, 0.15) is 31.8 Å². The van der Waals surface area contributed by atoms with Crippen LogP contribution in [0.5, 0.6) is 5.75 Å². The highest BCUT2D eigenvalue weighted by molar-refractivity contribution is 9.10. The highest BCUT2D eigenvalue weighted by atomic mass is 79.9. The maximum absolute atomic E-state index is 12.9. The minimum atomic E-state index is -1.05. The Morgan fingerprint density at radius 3 is 2.48 bits per heavy atom. The molecule has 0 saturated carbocycles. The Balaban J connectivity index is 1.74. The second-order valence-electron chi connectivity index (χ2n) is 6.65. The second kappa shape index (κ2) is 9.76. The number of halogens is 2. The lowest BCUT2D eigenvalue weighted by Crippen LogP contribution is -2.21.